The van der Waals surface area contributed by atoms with E-state index < -0.39 is 0 Å². The summed E-state index contributed by atoms with van der Waals surface area (Å²) in [6.07, 6.45) is 0. The maximum Gasteiger partial charge on any atom is 0.143 e. The Kier molecular flexibility index (Phi) is 6.51. The van der Waals surface area contributed by atoms with Crippen LogP contribution in [0.4, 0.5) is 0 Å². The number of fused-ring (bicyclic) bond motifs is 7. The van der Waals surface area contributed by atoms with Gasteiger partial charge in [0.1, 0.15) is 11.2 Å². The highest BCUT2D eigenvalue weighted by molar-refractivity contribution is 6.24. The van der Waals surface area contributed by atoms with E-state index in [1.54, 1.807) is 0 Å². The summed E-state index contributed by atoms with van der Waals surface area (Å²) in [5.41, 5.74) is 10.5. The number of hydrogen-bond acceptors (Lipinski definition) is 1. The zero-order valence-corrected chi connectivity index (χ0v) is 29.0. The minimum Gasteiger partial charge on any atom is -0.455 e. The minimum atomic E-state index is -0.00745. The molecule has 0 saturated heterocycles. The third-order valence-corrected chi connectivity index (χ3v) is 10.7. The van der Waals surface area contributed by atoms with Gasteiger partial charge >= 0.3 is 0 Å². The first kappa shape index (κ1) is 29.7. The Hall–Kier alpha value is -6.18. The van der Waals surface area contributed by atoms with Crippen molar-refractivity contribution in [2.45, 2.75) is 26.2 Å². The van der Waals surface area contributed by atoms with Gasteiger partial charge in [-0.25, -0.2) is 0 Å². The maximum absolute atomic E-state index is 6.88. The summed E-state index contributed by atoms with van der Waals surface area (Å²) < 4.78 is 6.88. The highest BCUT2D eigenvalue weighted by Crippen LogP contribution is 2.48. The smallest absolute Gasteiger partial charge is 0.143 e. The van der Waals surface area contributed by atoms with Crippen molar-refractivity contribution in [3.8, 4) is 33.4 Å². The molecular weight excluding hydrogens is 617 g/mol. The van der Waals surface area contributed by atoms with E-state index in [-0.39, 0.29) is 5.41 Å². The second kappa shape index (κ2) is 11.2. The molecule has 0 fully saturated rings. The molecule has 0 aliphatic heterocycles. The standard InChI is InChI=1S/C50H36O/c1-50(2,3)48-39-24-13-11-22-37(39)46(38-23-12-14-25-40(38)48)32-28-29-44-43(30-32)41-26-15-27-42(49(41)51-44)47-35-20-9-7-18-33(35)45(31-16-5-4-6-17-31)34-19-8-10-21-36(34)47/h4-30H,1-3H3. The Morgan fingerprint density at radius 1 is 0.353 bits per heavy atom. The average molecular weight is 653 g/mol. The summed E-state index contributed by atoms with van der Waals surface area (Å²) in [7, 11) is 0. The van der Waals surface area contributed by atoms with Gasteiger partial charge in [-0.05, 0) is 88.5 Å². The number of benzene rings is 9. The van der Waals surface area contributed by atoms with Crippen LogP contribution < -0.4 is 0 Å². The highest BCUT2D eigenvalue weighted by atomic mass is 16.3. The zero-order chi connectivity index (χ0) is 34.3. The van der Waals surface area contributed by atoms with Crippen molar-refractivity contribution in [1.82, 2.24) is 0 Å². The molecule has 0 radical (unpaired) electrons. The monoisotopic (exact) mass is 652 g/mol. The van der Waals surface area contributed by atoms with Crippen LogP contribution in [-0.4, -0.2) is 0 Å². The van der Waals surface area contributed by atoms with Crippen LogP contribution in [0.5, 0.6) is 0 Å². The molecule has 0 N–H and O–H groups in total. The van der Waals surface area contributed by atoms with Crippen molar-refractivity contribution in [2.24, 2.45) is 0 Å². The maximum atomic E-state index is 6.88. The number of para-hydroxylation sites is 1. The molecule has 0 aliphatic rings. The number of hydrogen-bond donors (Lipinski definition) is 0. The summed E-state index contributed by atoms with van der Waals surface area (Å²) in [6.45, 7) is 6.97. The first-order valence-corrected chi connectivity index (χ1v) is 17.9. The van der Waals surface area contributed by atoms with Gasteiger partial charge in [0.05, 0.1) is 0 Å². The molecule has 0 amide bonds. The van der Waals surface area contributed by atoms with E-state index in [1.165, 1.54) is 76.5 Å². The van der Waals surface area contributed by atoms with Crippen LogP contribution in [0.3, 0.4) is 0 Å². The zero-order valence-electron chi connectivity index (χ0n) is 29.0. The van der Waals surface area contributed by atoms with E-state index in [1.807, 2.05) is 0 Å². The van der Waals surface area contributed by atoms with E-state index in [0.717, 1.165) is 27.5 Å². The third-order valence-electron chi connectivity index (χ3n) is 10.7. The van der Waals surface area contributed by atoms with Crippen molar-refractivity contribution in [3.63, 3.8) is 0 Å². The molecule has 9 aromatic carbocycles. The van der Waals surface area contributed by atoms with Crippen molar-refractivity contribution >= 4 is 65.0 Å². The molecule has 1 heteroatoms. The van der Waals surface area contributed by atoms with E-state index in [9.17, 15) is 0 Å². The molecule has 1 aromatic heterocycles. The second-order valence-electron chi connectivity index (χ2n) is 14.8. The van der Waals surface area contributed by atoms with Crippen molar-refractivity contribution in [3.05, 3.63) is 169 Å². The minimum absolute atomic E-state index is 0.00745. The summed E-state index contributed by atoms with van der Waals surface area (Å²) in [6, 6.07) is 59.7. The predicted molar refractivity (Wildman–Crippen MR) is 219 cm³/mol. The molecule has 0 saturated carbocycles. The number of rotatable bonds is 3. The van der Waals surface area contributed by atoms with Gasteiger partial charge in [0.15, 0.2) is 0 Å². The van der Waals surface area contributed by atoms with E-state index in [4.69, 9.17) is 4.42 Å². The lowest BCUT2D eigenvalue weighted by atomic mass is 9.78. The van der Waals surface area contributed by atoms with Gasteiger partial charge < -0.3 is 4.42 Å². The molecule has 51 heavy (non-hydrogen) atoms. The van der Waals surface area contributed by atoms with E-state index in [2.05, 4.69) is 185 Å². The fourth-order valence-corrected chi connectivity index (χ4v) is 8.73. The lowest BCUT2D eigenvalue weighted by Gasteiger charge is -2.26. The molecule has 0 atom stereocenters. The summed E-state index contributed by atoms with van der Waals surface area (Å²) in [5, 5.41) is 12.4. The van der Waals surface area contributed by atoms with Gasteiger partial charge in [-0.2, -0.15) is 0 Å². The Bertz CT molecular complexity index is 2880. The van der Waals surface area contributed by atoms with E-state index in [0.29, 0.717) is 0 Å². The first-order chi connectivity index (χ1) is 25.0. The normalized spacial score (nSPS) is 12.2. The SMILES string of the molecule is CC(C)(C)c1c2ccccc2c(-c2ccc3oc4c(-c5c6ccccc6c(-c6ccccc6)c6ccccc56)cccc4c3c2)c2ccccc12. The van der Waals surface area contributed by atoms with Crippen molar-refractivity contribution < 1.29 is 4.42 Å². The lowest BCUT2D eigenvalue weighted by molar-refractivity contribution is 0.601. The van der Waals surface area contributed by atoms with Crippen LogP contribution in [0.15, 0.2) is 168 Å². The predicted octanol–water partition coefficient (Wildman–Crippen LogP) is 14.5. The van der Waals surface area contributed by atoms with Crippen LogP contribution in [0.1, 0.15) is 26.3 Å². The summed E-state index contributed by atoms with van der Waals surface area (Å²) in [5.74, 6) is 0. The van der Waals surface area contributed by atoms with Crippen LogP contribution in [0.2, 0.25) is 0 Å². The van der Waals surface area contributed by atoms with Crippen LogP contribution in [0.25, 0.3) is 98.4 Å². The average Bonchev–Trinajstić information content (AvgIpc) is 3.54. The Morgan fingerprint density at radius 2 is 0.804 bits per heavy atom. The Morgan fingerprint density at radius 3 is 1.35 bits per heavy atom. The van der Waals surface area contributed by atoms with Gasteiger partial charge in [-0.15, -0.1) is 0 Å². The van der Waals surface area contributed by atoms with Gasteiger partial charge in [-0.1, -0.05) is 172 Å². The topological polar surface area (TPSA) is 13.1 Å². The van der Waals surface area contributed by atoms with E-state index >= 15 is 0 Å². The number of furan rings is 1. The summed E-state index contributed by atoms with van der Waals surface area (Å²) in [4.78, 5) is 0. The molecule has 10 rings (SSSR count). The van der Waals surface area contributed by atoms with Gasteiger partial charge in [0, 0.05) is 21.9 Å². The molecule has 1 nitrogen and oxygen atoms in total. The second-order valence-corrected chi connectivity index (χ2v) is 14.8. The van der Waals surface area contributed by atoms with Crippen molar-refractivity contribution in [1.29, 1.82) is 0 Å². The molecular formula is C50H36O. The summed E-state index contributed by atoms with van der Waals surface area (Å²) >= 11 is 0. The van der Waals surface area contributed by atoms with Crippen LogP contribution in [0, 0.1) is 0 Å². The first-order valence-electron chi connectivity index (χ1n) is 17.9. The Labute approximate surface area is 297 Å². The molecule has 0 unspecified atom stereocenters. The molecule has 0 bridgehead atoms. The van der Waals surface area contributed by atoms with Crippen LogP contribution in [-0.2, 0) is 5.41 Å². The van der Waals surface area contributed by atoms with Gasteiger partial charge in [0.2, 0.25) is 0 Å². The van der Waals surface area contributed by atoms with Crippen molar-refractivity contribution in [2.75, 3.05) is 0 Å². The lowest BCUT2D eigenvalue weighted by Crippen LogP contribution is -2.13. The largest absolute Gasteiger partial charge is 0.455 e. The molecule has 0 aliphatic carbocycles. The highest BCUT2D eigenvalue weighted by Gasteiger charge is 2.24. The van der Waals surface area contributed by atoms with Gasteiger partial charge in [-0.3, -0.25) is 0 Å². The molecule has 0 spiro atoms. The molecule has 242 valence electrons. The fourth-order valence-electron chi connectivity index (χ4n) is 8.73. The quantitative estimate of drug-likeness (QED) is 0.173. The van der Waals surface area contributed by atoms with Crippen LogP contribution >= 0.6 is 0 Å². The van der Waals surface area contributed by atoms with Gasteiger partial charge in [0.25, 0.3) is 0 Å². The third kappa shape index (κ3) is 4.48. The molecule has 10 aromatic rings. The molecule has 1 heterocycles. The Balaban J connectivity index is 1.26. The fraction of sp³-hybridized carbons (Fsp3) is 0.0800.